The van der Waals surface area contributed by atoms with Crippen molar-refractivity contribution in [2.75, 3.05) is 0 Å². The predicted molar refractivity (Wildman–Crippen MR) is 73.2 cm³/mol. The molecular weight excluding hydrogens is 262 g/mol. The number of carbonyl (C=O) groups excluding carboxylic acids is 2. The molecule has 0 aromatic rings. The van der Waals surface area contributed by atoms with E-state index < -0.39 is 34.9 Å². The Hall–Kier alpha value is -1.30. The summed E-state index contributed by atoms with van der Waals surface area (Å²) in [5.74, 6) is -0.541. The highest BCUT2D eigenvalue weighted by Gasteiger charge is 2.53. The van der Waals surface area contributed by atoms with E-state index in [0.29, 0.717) is 0 Å². The molecule has 1 amide bonds. The number of amides is 1. The first-order valence-corrected chi connectivity index (χ1v) is 6.76. The SMILES string of the molecule is CC(C)(C)OC(=O)NC1(C(=O)OC(C)(C)C)CC(O)C1. The summed E-state index contributed by atoms with van der Waals surface area (Å²) in [7, 11) is 0. The minimum Gasteiger partial charge on any atom is -0.458 e. The van der Waals surface area contributed by atoms with Gasteiger partial charge in [-0.1, -0.05) is 0 Å². The summed E-state index contributed by atoms with van der Waals surface area (Å²) >= 11 is 0. The van der Waals surface area contributed by atoms with E-state index in [2.05, 4.69) is 5.32 Å². The highest BCUT2D eigenvalue weighted by molar-refractivity contribution is 5.87. The van der Waals surface area contributed by atoms with Gasteiger partial charge in [0.2, 0.25) is 0 Å². The van der Waals surface area contributed by atoms with Crippen LogP contribution in [0.15, 0.2) is 0 Å². The summed E-state index contributed by atoms with van der Waals surface area (Å²) in [5, 5.41) is 12.0. The first-order valence-electron chi connectivity index (χ1n) is 6.76. The van der Waals surface area contributed by atoms with Gasteiger partial charge in [0, 0.05) is 12.8 Å². The van der Waals surface area contributed by atoms with Crippen LogP contribution in [0, 0.1) is 0 Å². The van der Waals surface area contributed by atoms with Gasteiger partial charge < -0.3 is 19.9 Å². The lowest BCUT2D eigenvalue weighted by Gasteiger charge is -2.44. The Morgan fingerprint density at radius 3 is 1.85 bits per heavy atom. The summed E-state index contributed by atoms with van der Waals surface area (Å²) in [6.45, 7) is 10.5. The maximum atomic E-state index is 12.2. The van der Waals surface area contributed by atoms with Gasteiger partial charge in [-0.05, 0) is 41.5 Å². The Labute approximate surface area is 119 Å². The predicted octanol–water partition coefficient (Wildman–Crippen LogP) is 1.75. The molecule has 0 aromatic carbocycles. The standard InChI is InChI=1S/C14H25NO5/c1-12(2,3)19-10(17)14(7-9(16)8-14)15-11(18)20-13(4,5)6/h9,16H,7-8H2,1-6H3,(H,15,18). The molecule has 0 heterocycles. The molecule has 1 aliphatic carbocycles. The summed E-state index contributed by atoms with van der Waals surface area (Å²) in [6, 6.07) is 0. The number of hydrogen-bond donors (Lipinski definition) is 2. The molecule has 0 bridgehead atoms. The molecular formula is C14H25NO5. The second-order valence-corrected chi connectivity index (χ2v) is 7.27. The van der Waals surface area contributed by atoms with Gasteiger partial charge in [-0.3, -0.25) is 0 Å². The van der Waals surface area contributed by atoms with E-state index in [1.165, 1.54) is 0 Å². The lowest BCUT2D eigenvalue weighted by molar-refractivity contribution is -0.172. The van der Waals surface area contributed by atoms with Gasteiger partial charge in [0.15, 0.2) is 0 Å². The Morgan fingerprint density at radius 2 is 1.50 bits per heavy atom. The number of rotatable bonds is 2. The van der Waals surface area contributed by atoms with E-state index in [1.54, 1.807) is 41.5 Å². The van der Waals surface area contributed by atoms with E-state index in [1.807, 2.05) is 0 Å². The number of hydrogen-bond acceptors (Lipinski definition) is 5. The number of aliphatic hydroxyl groups is 1. The molecule has 0 atom stereocenters. The van der Waals surface area contributed by atoms with Crippen LogP contribution >= 0.6 is 0 Å². The van der Waals surface area contributed by atoms with Crippen LogP contribution < -0.4 is 5.32 Å². The fourth-order valence-electron chi connectivity index (χ4n) is 1.94. The van der Waals surface area contributed by atoms with E-state index in [-0.39, 0.29) is 12.8 Å². The first kappa shape index (κ1) is 16.8. The zero-order valence-corrected chi connectivity index (χ0v) is 13.1. The van der Waals surface area contributed by atoms with Crippen molar-refractivity contribution in [1.82, 2.24) is 5.32 Å². The molecule has 116 valence electrons. The third-order valence-corrected chi connectivity index (χ3v) is 2.70. The molecule has 0 aliphatic heterocycles. The van der Waals surface area contributed by atoms with Gasteiger partial charge in [0.05, 0.1) is 6.10 Å². The Morgan fingerprint density at radius 1 is 1.05 bits per heavy atom. The van der Waals surface area contributed by atoms with Crippen molar-refractivity contribution in [1.29, 1.82) is 0 Å². The van der Waals surface area contributed by atoms with Crippen LogP contribution in [0.5, 0.6) is 0 Å². The van der Waals surface area contributed by atoms with E-state index >= 15 is 0 Å². The number of aliphatic hydroxyl groups excluding tert-OH is 1. The van der Waals surface area contributed by atoms with Crippen molar-refractivity contribution >= 4 is 12.1 Å². The fourth-order valence-corrected chi connectivity index (χ4v) is 1.94. The molecule has 1 aliphatic rings. The zero-order chi connectivity index (χ0) is 15.8. The molecule has 20 heavy (non-hydrogen) atoms. The van der Waals surface area contributed by atoms with Gasteiger partial charge in [-0.2, -0.15) is 0 Å². The zero-order valence-electron chi connectivity index (χ0n) is 13.1. The molecule has 1 saturated carbocycles. The number of alkyl carbamates (subject to hydrolysis) is 1. The third kappa shape index (κ3) is 4.67. The quantitative estimate of drug-likeness (QED) is 0.756. The average molecular weight is 287 g/mol. The van der Waals surface area contributed by atoms with Crippen LogP contribution in [0.25, 0.3) is 0 Å². The summed E-state index contributed by atoms with van der Waals surface area (Å²) in [4.78, 5) is 24.0. The molecule has 6 nitrogen and oxygen atoms in total. The molecule has 0 radical (unpaired) electrons. The van der Waals surface area contributed by atoms with Gasteiger partial charge >= 0.3 is 12.1 Å². The largest absolute Gasteiger partial charge is 0.458 e. The maximum Gasteiger partial charge on any atom is 0.408 e. The molecule has 1 fully saturated rings. The monoisotopic (exact) mass is 287 g/mol. The van der Waals surface area contributed by atoms with Gasteiger partial charge in [-0.15, -0.1) is 0 Å². The minimum atomic E-state index is -1.19. The smallest absolute Gasteiger partial charge is 0.408 e. The second-order valence-electron chi connectivity index (χ2n) is 7.27. The topological polar surface area (TPSA) is 84.9 Å². The van der Waals surface area contributed by atoms with Crippen LogP contribution in [0.1, 0.15) is 54.4 Å². The molecule has 2 N–H and O–H groups in total. The minimum absolute atomic E-state index is 0.140. The Balaban J connectivity index is 2.73. The maximum absolute atomic E-state index is 12.2. The van der Waals surface area contributed by atoms with E-state index in [4.69, 9.17) is 9.47 Å². The van der Waals surface area contributed by atoms with Gasteiger partial charge in [0.25, 0.3) is 0 Å². The second kappa shape index (κ2) is 5.24. The molecule has 0 spiro atoms. The summed E-state index contributed by atoms with van der Waals surface area (Å²) in [6.07, 6.45) is -1.02. The van der Waals surface area contributed by atoms with Crippen molar-refractivity contribution in [3.8, 4) is 0 Å². The third-order valence-electron chi connectivity index (χ3n) is 2.70. The van der Waals surface area contributed by atoms with Crippen molar-refractivity contribution < 1.29 is 24.2 Å². The number of ether oxygens (including phenoxy) is 2. The van der Waals surface area contributed by atoms with Gasteiger partial charge in [-0.25, -0.2) is 9.59 Å². The highest BCUT2D eigenvalue weighted by Crippen LogP contribution is 2.35. The lowest BCUT2D eigenvalue weighted by Crippen LogP contribution is -2.65. The molecule has 0 saturated heterocycles. The van der Waals surface area contributed by atoms with Crippen LogP contribution in [-0.4, -0.2) is 40.0 Å². The average Bonchev–Trinajstić information content (AvgIpc) is 2.08. The van der Waals surface area contributed by atoms with E-state index in [0.717, 1.165) is 0 Å². The number of esters is 1. The Kier molecular flexibility index (Phi) is 4.39. The van der Waals surface area contributed by atoms with Gasteiger partial charge in [0.1, 0.15) is 16.7 Å². The summed E-state index contributed by atoms with van der Waals surface area (Å²) in [5.41, 5.74) is -2.49. The van der Waals surface area contributed by atoms with Crippen LogP contribution in [0.4, 0.5) is 4.79 Å². The van der Waals surface area contributed by atoms with Crippen LogP contribution in [0.2, 0.25) is 0 Å². The first-order chi connectivity index (χ1) is 8.83. The number of nitrogens with one attached hydrogen (secondary N) is 1. The highest BCUT2D eigenvalue weighted by atomic mass is 16.6. The summed E-state index contributed by atoms with van der Waals surface area (Å²) < 4.78 is 10.4. The van der Waals surface area contributed by atoms with Crippen molar-refractivity contribution in [3.63, 3.8) is 0 Å². The van der Waals surface area contributed by atoms with Crippen LogP contribution in [-0.2, 0) is 14.3 Å². The molecule has 1 rings (SSSR count). The van der Waals surface area contributed by atoms with Crippen LogP contribution in [0.3, 0.4) is 0 Å². The van der Waals surface area contributed by atoms with Crippen molar-refractivity contribution in [2.24, 2.45) is 0 Å². The fraction of sp³-hybridized carbons (Fsp3) is 0.857. The Bertz CT molecular complexity index is 385. The van der Waals surface area contributed by atoms with E-state index in [9.17, 15) is 14.7 Å². The normalized spacial score (nSPS) is 26.4. The van der Waals surface area contributed by atoms with Crippen molar-refractivity contribution in [3.05, 3.63) is 0 Å². The molecule has 0 aromatic heterocycles. The number of carbonyl (C=O) groups is 2. The van der Waals surface area contributed by atoms with Crippen molar-refractivity contribution in [2.45, 2.75) is 77.2 Å². The molecule has 0 unspecified atom stereocenters. The molecule has 6 heteroatoms. The lowest BCUT2D eigenvalue weighted by atomic mass is 9.74.